The van der Waals surface area contributed by atoms with Gasteiger partial charge in [-0.2, -0.15) is 0 Å². The standard InChI is InChI=1S/C15H26N2O/c1-14(17,13(16)18)2-3-15-7-10-4-11(8-15)6-12(5-10)9-15/h10-12H,2-9,17H2,1H3,(H2,16,18). The molecule has 4 fully saturated rings. The highest BCUT2D eigenvalue weighted by Crippen LogP contribution is 2.61. The summed E-state index contributed by atoms with van der Waals surface area (Å²) < 4.78 is 0. The first-order valence-corrected chi connectivity index (χ1v) is 7.47. The Kier molecular flexibility index (Phi) is 2.74. The minimum atomic E-state index is -0.816. The second-order valence-corrected chi connectivity index (χ2v) is 7.70. The summed E-state index contributed by atoms with van der Waals surface area (Å²) in [5, 5.41) is 0. The molecule has 4 N–H and O–H groups in total. The maximum atomic E-state index is 11.3. The zero-order chi connectivity index (χ0) is 13.0. The number of carbonyl (C=O) groups is 1. The molecule has 0 radical (unpaired) electrons. The van der Waals surface area contributed by atoms with Crippen molar-refractivity contribution < 1.29 is 4.79 Å². The highest BCUT2D eigenvalue weighted by atomic mass is 16.1. The van der Waals surface area contributed by atoms with Gasteiger partial charge in [0.05, 0.1) is 5.54 Å². The fraction of sp³-hybridized carbons (Fsp3) is 0.933. The van der Waals surface area contributed by atoms with Crippen molar-refractivity contribution in [2.75, 3.05) is 0 Å². The van der Waals surface area contributed by atoms with Crippen LogP contribution in [0, 0.1) is 23.2 Å². The van der Waals surface area contributed by atoms with E-state index >= 15 is 0 Å². The Hall–Kier alpha value is -0.570. The SMILES string of the molecule is CC(N)(CCC12CC3CC(CC(C3)C1)C2)C(N)=O. The zero-order valence-electron chi connectivity index (χ0n) is 11.5. The summed E-state index contributed by atoms with van der Waals surface area (Å²) in [5.74, 6) is 2.55. The Morgan fingerprint density at radius 1 is 1.17 bits per heavy atom. The number of carbonyl (C=O) groups excluding carboxylic acids is 1. The van der Waals surface area contributed by atoms with Gasteiger partial charge in [-0.15, -0.1) is 0 Å². The minimum Gasteiger partial charge on any atom is -0.368 e. The lowest BCUT2D eigenvalue weighted by molar-refractivity contribution is -0.123. The molecule has 1 atom stereocenters. The smallest absolute Gasteiger partial charge is 0.237 e. The topological polar surface area (TPSA) is 69.1 Å². The van der Waals surface area contributed by atoms with Crippen LogP contribution in [-0.2, 0) is 4.79 Å². The van der Waals surface area contributed by atoms with Gasteiger partial charge in [0.25, 0.3) is 0 Å². The minimum absolute atomic E-state index is 0.354. The van der Waals surface area contributed by atoms with Crippen LogP contribution in [0.4, 0.5) is 0 Å². The monoisotopic (exact) mass is 250 g/mol. The van der Waals surface area contributed by atoms with Crippen molar-refractivity contribution in [3.05, 3.63) is 0 Å². The lowest BCUT2D eigenvalue weighted by Crippen LogP contribution is -2.52. The van der Waals surface area contributed by atoms with Crippen LogP contribution in [0.3, 0.4) is 0 Å². The van der Waals surface area contributed by atoms with Gasteiger partial charge in [0.1, 0.15) is 0 Å². The lowest BCUT2D eigenvalue weighted by atomic mass is 9.48. The second-order valence-electron chi connectivity index (χ2n) is 7.70. The van der Waals surface area contributed by atoms with Gasteiger partial charge in [-0.25, -0.2) is 0 Å². The van der Waals surface area contributed by atoms with Crippen LogP contribution in [0.5, 0.6) is 0 Å². The summed E-state index contributed by atoms with van der Waals surface area (Å²) in [7, 11) is 0. The molecule has 4 aliphatic rings. The molecule has 0 saturated heterocycles. The van der Waals surface area contributed by atoms with Crippen LogP contribution in [0.15, 0.2) is 0 Å². The third-order valence-electron chi connectivity index (χ3n) is 5.90. The Balaban J connectivity index is 1.67. The van der Waals surface area contributed by atoms with Crippen molar-refractivity contribution in [2.45, 2.75) is 63.8 Å². The first-order valence-electron chi connectivity index (χ1n) is 7.47. The molecule has 0 aliphatic heterocycles. The highest BCUT2D eigenvalue weighted by Gasteiger charge is 2.50. The van der Waals surface area contributed by atoms with Crippen molar-refractivity contribution in [3.8, 4) is 0 Å². The van der Waals surface area contributed by atoms with E-state index in [4.69, 9.17) is 11.5 Å². The van der Waals surface area contributed by atoms with E-state index in [0.29, 0.717) is 5.41 Å². The number of nitrogens with two attached hydrogens (primary N) is 2. The largest absolute Gasteiger partial charge is 0.368 e. The first-order chi connectivity index (χ1) is 8.39. The molecule has 0 spiro atoms. The number of amides is 1. The molecule has 4 bridgehead atoms. The van der Waals surface area contributed by atoms with Crippen LogP contribution in [0.1, 0.15) is 58.3 Å². The van der Waals surface area contributed by atoms with Gasteiger partial charge in [0.2, 0.25) is 5.91 Å². The molecule has 4 saturated carbocycles. The van der Waals surface area contributed by atoms with Gasteiger partial charge in [0.15, 0.2) is 0 Å². The van der Waals surface area contributed by atoms with Crippen LogP contribution in [0.2, 0.25) is 0 Å². The summed E-state index contributed by atoms with van der Waals surface area (Å²) in [6.45, 7) is 1.79. The van der Waals surface area contributed by atoms with Crippen molar-refractivity contribution in [1.82, 2.24) is 0 Å². The number of primary amides is 1. The molecule has 1 unspecified atom stereocenters. The van der Waals surface area contributed by atoms with E-state index < -0.39 is 5.54 Å². The van der Waals surface area contributed by atoms with Crippen molar-refractivity contribution in [2.24, 2.45) is 34.6 Å². The molecule has 4 aliphatic carbocycles. The maximum absolute atomic E-state index is 11.3. The van der Waals surface area contributed by atoms with Gasteiger partial charge in [-0.3, -0.25) is 4.79 Å². The van der Waals surface area contributed by atoms with Crippen LogP contribution in [-0.4, -0.2) is 11.4 Å². The van der Waals surface area contributed by atoms with Gasteiger partial charge in [0, 0.05) is 0 Å². The molecule has 4 rings (SSSR count). The normalized spacial score (nSPS) is 44.9. The van der Waals surface area contributed by atoms with Gasteiger partial charge in [-0.1, -0.05) is 0 Å². The summed E-state index contributed by atoms with van der Waals surface area (Å²) >= 11 is 0. The number of hydrogen-bond acceptors (Lipinski definition) is 2. The third kappa shape index (κ3) is 2.07. The molecule has 3 nitrogen and oxygen atoms in total. The van der Waals surface area contributed by atoms with E-state index in [0.717, 1.165) is 30.6 Å². The van der Waals surface area contributed by atoms with Crippen molar-refractivity contribution >= 4 is 5.91 Å². The Morgan fingerprint density at radius 3 is 2.00 bits per heavy atom. The molecular weight excluding hydrogens is 224 g/mol. The Morgan fingerprint density at radius 2 is 1.61 bits per heavy atom. The van der Waals surface area contributed by atoms with Gasteiger partial charge >= 0.3 is 0 Å². The van der Waals surface area contributed by atoms with Crippen LogP contribution >= 0.6 is 0 Å². The van der Waals surface area contributed by atoms with Crippen LogP contribution in [0.25, 0.3) is 0 Å². The van der Waals surface area contributed by atoms with E-state index in [1.54, 1.807) is 6.92 Å². The highest BCUT2D eigenvalue weighted by molar-refractivity contribution is 5.83. The Bertz CT molecular complexity index is 326. The predicted molar refractivity (Wildman–Crippen MR) is 71.6 cm³/mol. The molecule has 0 aromatic rings. The average molecular weight is 250 g/mol. The van der Waals surface area contributed by atoms with Crippen LogP contribution < -0.4 is 11.5 Å². The van der Waals surface area contributed by atoms with E-state index in [-0.39, 0.29) is 5.91 Å². The summed E-state index contributed by atoms with van der Waals surface area (Å²) in [4.78, 5) is 11.3. The molecule has 0 heterocycles. The zero-order valence-corrected chi connectivity index (χ0v) is 11.5. The fourth-order valence-corrected chi connectivity index (χ4v) is 5.24. The fourth-order valence-electron chi connectivity index (χ4n) is 5.24. The number of hydrogen-bond donors (Lipinski definition) is 2. The van der Waals surface area contributed by atoms with Gasteiger partial charge < -0.3 is 11.5 Å². The van der Waals surface area contributed by atoms with E-state index in [9.17, 15) is 4.79 Å². The first kappa shape index (κ1) is 12.5. The summed E-state index contributed by atoms with van der Waals surface area (Å²) in [5.41, 5.74) is 11.1. The van der Waals surface area contributed by atoms with E-state index in [1.165, 1.54) is 38.5 Å². The van der Waals surface area contributed by atoms with Gasteiger partial charge in [-0.05, 0) is 81.5 Å². The van der Waals surface area contributed by atoms with Crippen molar-refractivity contribution in [1.29, 1.82) is 0 Å². The third-order valence-corrected chi connectivity index (χ3v) is 5.90. The van der Waals surface area contributed by atoms with E-state index in [1.807, 2.05) is 0 Å². The predicted octanol–water partition coefficient (Wildman–Crippen LogP) is 2.19. The molecule has 102 valence electrons. The molecule has 18 heavy (non-hydrogen) atoms. The molecule has 0 aromatic heterocycles. The van der Waals surface area contributed by atoms with Crippen molar-refractivity contribution in [3.63, 3.8) is 0 Å². The summed E-state index contributed by atoms with van der Waals surface area (Å²) in [6.07, 6.45) is 10.4. The molecular formula is C15H26N2O. The maximum Gasteiger partial charge on any atom is 0.237 e. The lowest BCUT2D eigenvalue weighted by Gasteiger charge is -2.57. The molecule has 3 heteroatoms. The second kappa shape index (κ2) is 3.96. The molecule has 1 amide bonds. The molecule has 0 aromatic carbocycles. The summed E-state index contributed by atoms with van der Waals surface area (Å²) in [6, 6.07) is 0. The van der Waals surface area contributed by atoms with E-state index in [2.05, 4.69) is 0 Å². The number of rotatable bonds is 4. The average Bonchev–Trinajstić information content (AvgIpc) is 2.24. The Labute approximate surface area is 110 Å². The quantitative estimate of drug-likeness (QED) is 0.803.